The number of aliphatic hydroxyl groups excluding tert-OH is 15. The van der Waals surface area contributed by atoms with Crippen molar-refractivity contribution in [2.45, 2.75) is 141 Å². The molecule has 0 bridgehead atoms. The number of aliphatic hydroxyl groups is 15. The van der Waals surface area contributed by atoms with Crippen LogP contribution in [0.3, 0.4) is 0 Å². The smallest absolute Gasteiger partial charge is 0.187 e. The summed E-state index contributed by atoms with van der Waals surface area (Å²) in [5.41, 5.74) is 0. The van der Waals surface area contributed by atoms with Gasteiger partial charge in [-0.05, 0) is 0 Å². The molecule has 0 aromatic rings. The van der Waals surface area contributed by atoms with Crippen LogP contribution in [-0.2, 0) is 42.6 Å². The first-order valence-corrected chi connectivity index (χ1v) is 16.4. The van der Waals surface area contributed by atoms with E-state index < -0.39 is 168 Å². The molecule has 5 heterocycles. The van der Waals surface area contributed by atoms with Gasteiger partial charge in [0.1, 0.15) is 110 Å². The summed E-state index contributed by atoms with van der Waals surface area (Å²) in [7, 11) is 0. The molecule has 0 aliphatic carbocycles. The lowest BCUT2D eigenvalue weighted by Crippen LogP contribution is -2.65. The van der Waals surface area contributed by atoms with E-state index in [-0.39, 0.29) is 6.61 Å². The minimum absolute atomic E-state index is 0.379. The van der Waals surface area contributed by atoms with Gasteiger partial charge in [-0.15, -0.1) is 0 Å². The van der Waals surface area contributed by atoms with Crippen molar-refractivity contribution in [3.8, 4) is 0 Å². The zero-order chi connectivity index (χ0) is 38.2. The third-order valence-corrected chi connectivity index (χ3v) is 9.51. The van der Waals surface area contributed by atoms with Gasteiger partial charge >= 0.3 is 0 Å². The summed E-state index contributed by atoms with van der Waals surface area (Å²) in [4.78, 5) is 0. The average Bonchev–Trinajstić information content (AvgIpc) is 3.12. The van der Waals surface area contributed by atoms with Crippen LogP contribution in [-0.4, -0.2) is 251 Å². The van der Waals surface area contributed by atoms with Crippen LogP contribution in [0.4, 0.5) is 0 Å². The van der Waals surface area contributed by atoms with Gasteiger partial charge in [-0.3, -0.25) is 0 Å². The van der Waals surface area contributed by atoms with Crippen molar-refractivity contribution in [1.82, 2.24) is 0 Å². The van der Waals surface area contributed by atoms with Gasteiger partial charge in [0.2, 0.25) is 0 Å². The first-order valence-electron chi connectivity index (χ1n) is 16.4. The third kappa shape index (κ3) is 8.86. The second-order valence-corrected chi connectivity index (χ2v) is 13.1. The first-order chi connectivity index (χ1) is 24.5. The molecule has 0 saturated carbocycles. The summed E-state index contributed by atoms with van der Waals surface area (Å²) in [6, 6.07) is 0. The molecule has 24 nitrogen and oxygen atoms in total. The van der Waals surface area contributed by atoms with E-state index in [0.29, 0.717) is 0 Å². The van der Waals surface area contributed by atoms with Gasteiger partial charge in [0.05, 0.1) is 33.0 Å². The molecule has 15 N–H and O–H groups in total. The Bertz CT molecular complexity index is 1110. The van der Waals surface area contributed by atoms with Crippen LogP contribution in [0.2, 0.25) is 0 Å². The van der Waals surface area contributed by atoms with E-state index in [1.807, 2.05) is 0 Å². The minimum Gasteiger partial charge on any atom is -0.394 e. The van der Waals surface area contributed by atoms with Crippen LogP contribution in [0.25, 0.3) is 0 Å². The van der Waals surface area contributed by atoms with Crippen LogP contribution < -0.4 is 0 Å². The van der Waals surface area contributed by atoms with E-state index in [2.05, 4.69) is 0 Å². The quantitative estimate of drug-likeness (QED) is 0.0927. The molecular weight excluding hydrogens is 720 g/mol. The summed E-state index contributed by atoms with van der Waals surface area (Å²) in [5, 5.41) is 153. The molecule has 5 rings (SSSR count). The van der Waals surface area contributed by atoms with Crippen molar-refractivity contribution >= 4 is 0 Å². The summed E-state index contributed by atoms with van der Waals surface area (Å²) in [5.74, 6) is 0. The minimum atomic E-state index is -1.93. The molecule has 0 amide bonds. The third-order valence-electron chi connectivity index (χ3n) is 9.51. The Morgan fingerprint density at radius 3 is 1.44 bits per heavy atom. The van der Waals surface area contributed by atoms with E-state index in [1.165, 1.54) is 0 Å². The molecule has 23 atom stereocenters. The molecule has 5 aliphatic rings. The lowest BCUT2D eigenvalue weighted by Gasteiger charge is -2.46. The fourth-order valence-electron chi connectivity index (χ4n) is 6.23. The summed E-state index contributed by atoms with van der Waals surface area (Å²) in [6.45, 7) is -2.97. The first kappa shape index (κ1) is 42.2. The maximum atomic E-state index is 10.8. The lowest BCUT2D eigenvalue weighted by atomic mass is 9.97. The van der Waals surface area contributed by atoms with Gasteiger partial charge in [0.15, 0.2) is 31.5 Å². The van der Waals surface area contributed by atoms with Crippen LogP contribution in [0.15, 0.2) is 0 Å². The highest BCUT2D eigenvalue weighted by Crippen LogP contribution is 2.31. The van der Waals surface area contributed by atoms with Crippen molar-refractivity contribution in [3.63, 3.8) is 0 Å². The van der Waals surface area contributed by atoms with Crippen molar-refractivity contribution in [2.24, 2.45) is 0 Å². The predicted molar refractivity (Wildman–Crippen MR) is 155 cm³/mol. The molecule has 304 valence electrons. The van der Waals surface area contributed by atoms with Crippen molar-refractivity contribution in [2.75, 3.05) is 33.0 Å². The molecule has 5 fully saturated rings. The molecule has 5 aliphatic heterocycles. The zero-order valence-corrected chi connectivity index (χ0v) is 27.2. The Labute approximate surface area is 293 Å². The average molecular weight is 769 g/mol. The van der Waals surface area contributed by atoms with Gasteiger partial charge in [-0.25, -0.2) is 0 Å². The molecule has 24 heteroatoms. The monoisotopic (exact) mass is 768 g/mol. The van der Waals surface area contributed by atoms with Crippen molar-refractivity contribution < 1.29 is 119 Å². The topological polar surface area (TPSA) is 387 Å². The van der Waals surface area contributed by atoms with E-state index in [1.54, 1.807) is 0 Å². The van der Waals surface area contributed by atoms with E-state index in [9.17, 15) is 76.6 Å². The van der Waals surface area contributed by atoms with Crippen LogP contribution in [0.5, 0.6) is 0 Å². The highest BCUT2D eigenvalue weighted by atomic mass is 16.8. The van der Waals surface area contributed by atoms with Crippen LogP contribution in [0, 0.1) is 0 Å². The molecule has 52 heavy (non-hydrogen) atoms. The van der Waals surface area contributed by atoms with Gasteiger partial charge in [0, 0.05) is 0 Å². The molecular formula is C28H48O24. The van der Waals surface area contributed by atoms with Gasteiger partial charge in [-0.1, -0.05) is 0 Å². The zero-order valence-electron chi connectivity index (χ0n) is 27.2. The Hall–Kier alpha value is -0.960. The number of hydrogen-bond acceptors (Lipinski definition) is 24. The SMILES string of the molecule is OC[C@H]1O[C@@H](O)[C@H](O)[C@@H](O)[C@@H]1O[C@@H]1O[C@H](CO[C@H]2OC[C@@H](O[C@@H]3O[C@H](CO[C@H]4OC[C@@H](O)[C@H](O)[C@H]4O)[C@@H](O)[C@H](O)[C@H]3O)[C@H](O)[C@H]2O)[C@@H](O)[C@H](O)[C@H]1O. The fourth-order valence-corrected chi connectivity index (χ4v) is 6.23. The summed E-state index contributed by atoms with van der Waals surface area (Å²) < 4.78 is 48.4. The van der Waals surface area contributed by atoms with Crippen molar-refractivity contribution in [3.05, 3.63) is 0 Å². The Morgan fingerprint density at radius 2 is 0.904 bits per heavy atom. The normalized spacial score (nSPS) is 53.5. The molecule has 0 radical (unpaired) electrons. The number of ether oxygens (including phenoxy) is 9. The van der Waals surface area contributed by atoms with E-state index in [0.717, 1.165) is 0 Å². The Morgan fingerprint density at radius 1 is 0.423 bits per heavy atom. The standard InChI is InChI=1S/C28H48O24/c29-1-7-23(17(37)18(38)24(43)48-7)52-28-22(42)16(36)13(33)9(51-28)4-46-26-20(40)14(34)10(5-47-26)50-27-21(41)15(35)12(32)8(49-27)3-45-25-19(39)11(31)6(30)2-44-25/h6-43H,1-5H2/t6-,7-,8-,9-,10-,11+,12-,13-,14+,15+,16+,17-,18-,19-,20-,21-,22-,23-,24-,25-,26+,27+,28+/m1/s1. The van der Waals surface area contributed by atoms with Crippen molar-refractivity contribution in [1.29, 1.82) is 0 Å². The second-order valence-electron chi connectivity index (χ2n) is 13.1. The maximum Gasteiger partial charge on any atom is 0.187 e. The van der Waals surface area contributed by atoms with Crippen LogP contribution in [0.1, 0.15) is 0 Å². The fraction of sp³-hybridized carbons (Fsp3) is 1.00. The highest BCUT2D eigenvalue weighted by Gasteiger charge is 2.52. The van der Waals surface area contributed by atoms with Gasteiger partial charge in [-0.2, -0.15) is 0 Å². The largest absolute Gasteiger partial charge is 0.394 e. The van der Waals surface area contributed by atoms with E-state index in [4.69, 9.17) is 42.6 Å². The molecule has 0 aromatic heterocycles. The molecule has 0 unspecified atom stereocenters. The number of rotatable bonds is 11. The highest BCUT2D eigenvalue weighted by molar-refractivity contribution is 4.95. The van der Waals surface area contributed by atoms with Gasteiger partial charge in [0.25, 0.3) is 0 Å². The maximum absolute atomic E-state index is 10.8. The Balaban J connectivity index is 1.14. The number of hydrogen-bond donors (Lipinski definition) is 15. The molecule has 0 aromatic carbocycles. The second kappa shape index (κ2) is 17.9. The van der Waals surface area contributed by atoms with E-state index >= 15 is 0 Å². The van der Waals surface area contributed by atoms with Crippen LogP contribution >= 0.6 is 0 Å². The van der Waals surface area contributed by atoms with Gasteiger partial charge < -0.3 is 119 Å². The predicted octanol–water partition coefficient (Wildman–Crippen LogP) is -10.6. The Kier molecular flexibility index (Phi) is 14.5. The summed E-state index contributed by atoms with van der Waals surface area (Å²) >= 11 is 0. The molecule has 0 spiro atoms. The molecule has 5 saturated heterocycles. The summed E-state index contributed by atoms with van der Waals surface area (Å²) in [6.07, 6.45) is -39.1. The lowest BCUT2D eigenvalue weighted by molar-refractivity contribution is -0.364.